The van der Waals surface area contributed by atoms with Crippen molar-refractivity contribution in [1.29, 1.82) is 0 Å². The van der Waals surface area contributed by atoms with Gasteiger partial charge in [-0.25, -0.2) is 4.68 Å². The van der Waals surface area contributed by atoms with Crippen molar-refractivity contribution in [2.45, 2.75) is 52.0 Å². The van der Waals surface area contributed by atoms with Gasteiger partial charge < -0.3 is 9.64 Å². The number of benzene rings is 2. The van der Waals surface area contributed by atoms with Gasteiger partial charge in [-0.2, -0.15) is 5.10 Å². The summed E-state index contributed by atoms with van der Waals surface area (Å²) in [6, 6.07) is 16.3. The summed E-state index contributed by atoms with van der Waals surface area (Å²) < 4.78 is 7.31. The number of aromatic nitrogens is 2. The molecule has 0 N–H and O–H groups in total. The van der Waals surface area contributed by atoms with Crippen molar-refractivity contribution < 1.29 is 9.53 Å². The van der Waals surface area contributed by atoms with E-state index in [0.717, 1.165) is 42.0 Å². The van der Waals surface area contributed by atoms with E-state index < -0.39 is 0 Å². The molecule has 0 saturated heterocycles. The second kappa shape index (κ2) is 7.88. The molecule has 5 nitrogen and oxygen atoms in total. The zero-order valence-corrected chi connectivity index (χ0v) is 18.5. The highest BCUT2D eigenvalue weighted by atomic mass is 16.5. The fourth-order valence-electron chi connectivity index (χ4n) is 4.69. The molecule has 1 fully saturated rings. The molecule has 5 rings (SSSR count). The van der Waals surface area contributed by atoms with Crippen LogP contribution in [-0.2, 0) is 12.8 Å². The normalized spacial score (nSPS) is 16.1. The Labute approximate surface area is 183 Å². The van der Waals surface area contributed by atoms with Gasteiger partial charge in [-0.15, -0.1) is 0 Å². The molecule has 0 radical (unpaired) electrons. The molecule has 3 aromatic rings. The van der Waals surface area contributed by atoms with Crippen LogP contribution in [0.25, 0.3) is 5.69 Å². The summed E-state index contributed by atoms with van der Waals surface area (Å²) in [5.74, 6) is 1.35. The number of ether oxygens (including phenoxy) is 1. The standard InChI is InChI=1S/C26H29N3O2/c1-17-7-11-21(12-8-17)29-24-6-4-5-23(24)25(27-29)26(30)28(18(2)19-9-10-19)20-13-15-22(31-3)16-14-20/h7-8,11-16,18-19H,4-6,9-10H2,1-3H3. The second-order valence-corrected chi connectivity index (χ2v) is 8.83. The molecular weight excluding hydrogens is 386 g/mol. The molecule has 1 aromatic heterocycles. The van der Waals surface area contributed by atoms with Crippen molar-refractivity contribution in [2.75, 3.05) is 12.0 Å². The number of methoxy groups -OCH3 is 1. The van der Waals surface area contributed by atoms with Crippen LogP contribution < -0.4 is 9.64 Å². The summed E-state index contributed by atoms with van der Waals surface area (Å²) >= 11 is 0. The maximum Gasteiger partial charge on any atom is 0.279 e. The first-order valence-corrected chi connectivity index (χ1v) is 11.2. The number of rotatable bonds is 6. The number of amides is 1. The molecule has 5 heteroatoms. The highest BCUT2D eigenvalue weighted by molar-refractivity contribution is 6.06. The van der Waals surface area contributed by atoms with Gasteiger partial charge in [0.1, 0.15) is 5.75 Å². The van der Waals surface area contributed by atoms with Crippen LogP contribution >= 0.6 is 0 Å². The van der Waals surface area contributed by atoms with Gasteiger partial charge in [0, 0.05) is 23.0 Å². The van der Waals surface area contributed by atoms with Crippen molar-refractivity contribution in [3.63, 3.8) is 0 Å². The largest absolute Gasteiger partial charge is 0.497 e. The van der Waals surface area contributed by atoms with Gasteiger partial charge in [-0.3, -0.25) is 4.79 Å². The number of carbonyl (C=O) groups is 1. The van der Waals surface area contributed by atoms with E-state index >= 15 is 0 Å². The lowest BCUT2D eigenvalue weighted by molar-refractivity contribution is 0.0969. The summed E-state index contributed by atoms with van der Waals surface area (Å²) in [6.07, 6.45) is 5.30. The van der Waals surface area contributed by atoms with E-state index in [0.29, 0.717) is 11.6 Å². The molecule has 1 heterocycles. The molecule has 1 amide bonds. The van der Waals surface area contributed by atoms with E-state index in [9.17, 15) is 4.79 Å². The quantitative estimate of drug-likeness (QED) is 0.561. The lowest BCUT2D eigenvalue weighted by Gasteiger charge is -2.29. The number of carbonyl (C=O) groups excluding carboxylic acids is 1. The van der Waals surface area contributed by atoms with E-state index in [4.69, 9.17) is 9.84 Å². The van der Waals surface area contributed by atoms with Crippen LogP contribution in [0, 0.1) is 12.8 Å². The Morgan fingerprint density at radius 2 is 1.81 bits per heavy atom. The number of nitrogens with zero attached hydrogens (tertiary/aromatic N) is 3. The summed E-state index contributed by atoms with van der Waals surface area (Å²) in [5.41, 5.74) is 6.05. The molecule has 0 aliphatic heterocycles. The van der Waals surface area contributed by atoms with E-state index in [1.807, 2.05) is 33.8 Å². The van der Waals surface area contributed by atoms with Crippen LogP contribution in [0.2, 0.25) is 0 Å². The zero-order chi connectivity index (χ0) is 21.5. The number of aryl methyl sites for hydroxylation is 1. The molecule has 2 aromatic carbocycles. The number of fused-ring (bicyclic) bond motifs is 1. The molecule has 2 aliphatic rings. The highest BCUT2D eigenvalue weighted by Gasteiger charge is 2.38. The third-order valence-electron chi connectivity index (χ3n) is 6.69. The minimum Gasteiger partial charge on any atom is -0.497 e. The SMILES string of the molecule is COc1ccc(N(C(=O)c2nn(-c3ccc(C)cc3)c3c2CCC3)C(C)C2CC2)cc1. The highest BCUT2D eigenvalue weighted by Crippen LogP contribution is 2.39. The maximum absolute atomic E-state index is 14.0. The molecule has 160 valence electrons. The van der Waals surface area contributed by atoms with Gasteiger partial charge in [0.2, 0.25) is 0 Å². The van der Waals surface area contributed by atoms with Crippen LogP contribution in [0.5, 0.6) is 5.75 Å². The minimum atomic E-state index is 0.00794. The first-order chi connectivity index (χ1) is 15.1. The number of hydrogen-bond acceptors (Lipinski definition) is 3. The first-order valence-electron chi connectivity index (χ1n) is 11.2. The molecule has 0 bridgehead atoms. The van der Waals surface area contributed by atoms with Gasteiger partial charge >= 0.3 is 0 Å². The third-order valence-corrected chi connectivity index (χ3v) is 6.69. The lowest BCUT2D eigenvalue weighted by Crippen LogP contribution is -2.40. The average Bonchev–Trinajstić information content (AvgIpc) is 3.42. The number of anilines is 1. The van der Waals surface area contributed by atoms with Crippen LogP contribution in [0.15, 0.2) is 48.5 Å². The Hall–Kier alpha value is -3.08. The summed E-state index contributed by atoms with van der Waals surface area (Å²) in [4.78, 5) is 15.9. The average molecular weight is 416 g/mol. The predicted octanol–water partition coefficient (Wildman–Crippen LogP) is 5.12. The molecule has 1 atom stereocenters. The van der Waals surface area contributed by atoms with E-state index in [2.05, 4.69) is 38.1 Å². The second-order valence-electron chi connectivity index (χ2n) is 8.83. The fraction of sp³-hybridized carbons (Fsp3) is 0.385. The van der Waals surface area contributed by atoms with E-state index in [-0.39, 0.29) is 11.9 Å². The van der Waals surface area contributed by atoms with Crippen LogP contribution in [0.3, 0.4) is 0 Å². The molecule has 2 aliphatic carbocycles. The topological polar surface area (TPSA) is 47.4 Å². The smallest absolute Gasteiger partial charge is 0.279 e. The Morgan fingerprint density at radius 1 is 1.10 bits per heavy atom. The summed E-state index contributed by atoms with van der Waals surface area (Å²) in [5, 5.41) is 4.87. The molecule has 1 unspecified atom stereocenters. The van der Waals surface area contributed by atoms with Crippen LogP contribution in [-0.4, -0.2) is 28.8 Å². The molecule has 31 heavy (non-hydrogen) atoms. The number of hydrogen-bond donors (Lipinski definition) is 0. The zero-order valence-electron chi connectivity index (χ0n) is 18.5. The lowest BCUT2D eigenvalue weighted by atomic mass is 10.1. The van der Waals surface area contributed by atoms with Crippen LogP contribution in [0.1, 0.15) is 53.5 Å². The van der Waals surface area contributed by atoms with Gasteiger partial charge in [0.25, 0.3) is 5.91 Å². The molecular formula is C26H29N3O2. The predicted molar refractivity (Wildman–Crippen MR) is 122 cm³/mol. The summed E-state index contributed by atoms with van der Waals surface area (Å²) in [7, 11) is 1.66. The monoisotopic (exact) mass is 415 g/mol. The summed E-state index contributed by atoms with van der Waals surface area (Å²) in [6.45, 7) is 4.25. The van der Waals surface area contributed by atoms with E-state index in [1.165, 1.54) is 24.1 Å². The third kappa shape index (κ3) is 3.62. The Balaban J connectivity index is 1.56. The van der Waals surface area contributed by atoms with Crippen molar-refractivity contribution in [3.05, 3.63) is 71.0 Å². The van der Waals surface area contributed by atoms with Crippen molar-refractivity contribution in [2.24, 2.45) is 5.92 Å². The van der Waals surface area contributed by atoms with Crippen molar-refractivity contribution >= 4 is 11.6 Å². The maximum atomic E-state index is 14.0. The van der Waals surface area contributed by atoms with E-state index in [1.54, 1.807) is 7.11 Å². The van der Waals surface area contributed by atoms with Crippen molar-refractivity contribution in [1.82, 2.24) is 9.78 Å². The Morgan fingerprint density at radius 3 is 2.45 bits per heavy atom. The van der Waals surface area contributed by atoms with Gasteiger partial charge in [-0.05, 0) is 88.3 Å². The van der Waals surface area contributed by atoms with Gasteiger partial charge in [0.05, 0.1) is 12.8 Å². The van der Waals surface area contributed by atoms with Crippen molar-refractivity contribution in [3.8, 4) is 11.4 Å². The minimum absolute atomic E-state index is 0.00794. The van der Waals surface area contributed by atoms with Crippen LogP contribution in [0.4, 0.5) is 5.69 Å². The molecule has 0 spiro atoms. The Bertz CT molecular complexity index is 1090. The van der Waals surface area contributed by atoms with Gasteiger partial charge in [-0.1, -0.05) is 17.7 Å². The fourth-order valence-corrected chi connectivity index (χ4v) is 4.69. The first kappa shape index (κ1) is 19.9. The Kier molecular flexibility index (Phi) is 5.05. The van der Waals surface area contributed by atoms with Gasteiger partial charge in [0.15, 0.2) is 5.69 Å². The molecule has 1 saturated carbocycles.